The van der Waals surface area contributed by atoms with Gasteiger partial charge in [0.2, 0.25) is 0 Å². The molecule has 2 nitrogen and oxygen atoms in total. The van der Waals surface area contributed by atoms with Gasteiger partial charge in [0.25, 0.3) is 0 Å². The molecule has 88 valence electrons. The molecule has 2 atom stereocenters. The molecule has 1 fully saturated rings. The van der Waals surface area contributed by atoms with E-state index in [0.29, 0.717) is 10.7 Å². The lowest BCUT2D eigenvalue weighted by Crippen LogP contribution is -2.36. The standard InChI is InChI=1S/C12H15ClFNO/c13-8-4-3-5-9(14)12(8)15-10-6-1-2-7-11(10)16/h3-5,10-11,15-16H,1-2,6-7H2. The molecule has 0 radical (unpaired) electrons. The molecule has 0 aliphatic heterocycles. The van der Waals surface area contributed by atoms with Gasteiger partial charge < -0.3 is 10.4 Å². The van der Waals surface area contributed by atoms with Crippen molar-refractivity contribution in [1.82, 2.24) is 0 Å². The highest BCUT2D eigenvalue weighted by Crippen LogP contribution is 2.28. The number of benzene rings is 1. The summed E-state index contributed by atoms with van der Waals surface area (Å²) >= 11 is 5.91. The van der Waals surface area contributed by atoms with E-state index in [1.165, 1.54) is 6.07 Å². The molecule has 1 aliphatic rings. The zero-order valence-electron chi connectivity index (χ0n) is 8.92. The number of aliphatic hydroxyl groups excluding tert-OH is 1. The Bertz CT molecular complexity index is 352. The second-order valence-corrected chi connectivity index (χ2v) is 4.61. The van der Waals surface area contributed by atoms with Crippen LogP contribution in [0.2, 0.25) is 5.02 Å². The summed E-state index contributed by atoms with van der Waals surface area (Å²) in [6.45, 7) is 0. The van der Waals surface area contributed by atoms with Crippen LogP contribution < -0.4 is 5.32 Å². The smallest absolute Gasteiger partial charge is 0.147 e. The predicted octanol–water partition coefficient (Wildman–Crippen LogP) is 3.19. The highest BCUT2D eigenvalue weighted by molar-refractivity contribution is 6.33. The number of hydrogen-bond donors (Lipinski definition) is 2. The molecule has 0 bridgehead atoms. The number of aliphatic hydroxyl groups is 1. The summed E-state index contributed by atoms with van der Waals surface area (Å²) in [5.74, 6) is -0.370. The highest BCUT2D eigenvalue weighted by Gasteiger charge is 2.24. The lowest BCUT2D eigenvalue weighted by molar-refractivity contribution is 0.116. The van der Waals surface area contributed by atoms with E-state index in [-0.39, 0.29) is 11.9 Å². The van der Waals surface area contributed by atoms with Gasteiger partial charge in [0.15, 0.2) is 0 Å². The quantitative estimate of drug-likeness (QED) is 0.836. The third kappa shape index (κ3) is 2.47. The number of hydrogen-bond acceptors (Lipinski definition) is 2. The highest BCUT2D eigenvalue weighted by atomic mass is 35.5. The zero-order valence-corrected chi connectivity index (χ0v) is 9.67. The van der Waals surface area contributed by atoms with Gasteiger partial charge >= 0.3 is 0 Å². The SMILES string of the molecule is OC1CCCCC1Nc1c(F)cccc1Cl. The molecule has 1 aromatic rings. The zero-order chi connectivity index (χ0) is 11.5. The van der Waals surface area contributed by atoms with Crippen LogP contribution in [0.25, 0.3) is 0 Å². The summed E-state index contributed by atoms with van der Waals surface area (Å²) in [4.78, 5) is 0. The van der Waals surface area contributed by atoms with E-state index in [4.69, 9.17) is 11.6 Å². The van der Waals surface area contributed by atoms with E-state index in [1.54, 1.807) is 12.1 Å². The van der Waals surface area contributed by atoms with Crippen LogP contribution >= 0.6 is 11.6 Å². The van der Waals surface area contributed by atoms with Gasteiger partial charge in [-0.1, -0.05) is 30.5 Å². The first-order valence-corrected chi connectivity index (χ1v) is 5.95. The molecule has 0 heterocycles. The first-order valence-electron chi connectivity index (χ1n) is 5.57. The molecular formula is C12H15ClFNO. The minimum atomic E-state index is -0.413. The van der Waals surface area contributed by atoms with Gasteiger partial charge in [-0.05, 0) is 25.0 Å². The maximum absolute atomic E-state index is 13.5. The molecule has 1 aromatic carbocycles. The van der Waals surface area contributed by atoms with Crippen molar-refractivity contribution in [1.29, 1.82) is 0 Å². The minimum Gasteiger partial charge on any atom is -0.391 e. The minimum absolute atomic E-state index is 0.0943. The van der Waals surface area contributed by atoms with Crippen LogP contribution in [0.1, 0.15) is 25.7 Å². The van der Waals surface area contributed by atoms with E-state index < -0.39 is 6.10 Å². The lowest BCUT2D eigenvalue weighted by Gasteiger charge is -2.29. The van der Waals surface area contributed by atoms with Gasteiger partial charge in [0.05, 0.1) is 22.9 Å². The molecule has 2 rings (SSSR count). The fourth-order valence-electron chi connectivity index (χ4n) is 2.10. The van der Waals surface area contributed by atoms with Crippen LogP contribution in [0.4, 0.5) is 10.1 Å². The molecule has 0 spiro atoms. The van der Waals surface area contributed by atoms with Gasteiger partial charge in [-0.2, -0.15) is 0 Å². The first-order chi connectivity index (χ1) is 7.68. The summed E-state index contributed by atoms with van der Waals surface area (Å²) in [6, 6.07) is 4.48. The number of rotatable bonds is 2. The van der Waals surface area contributed by atoms with Crippen molar-refractivity contribution in [2.75, 3.05) is 5.32 Å². The molecule has 2 N–H and O–H groups in total. The number of nitrogens with one attached hydrogen (secondary N) is 1. The maximum atomic E-state index is 13.5. The van der Waals surface area contributed by atoms with Gasteiger partial charge in [-0.3, -0.25) is 0 Å². The molecular weight excluding hydrogens is 229 g/mol. The van der Waals surface area contributed by atoms with Crippen molar-refractivity contribution >= 4 is 17.3 Å². The summed E-state index contributed by atoms with van der Waals surface area (Å²) in [7, 11) is 0. The average Bonchev–Trinajstić information content (AvgIpc) is 2.26. The van der Waals surface area contributed by atoms with Gasteiger partial charge in [-0.25, -0.2) is 4.39 Å². The van der Waals surface area contributed by atoms with E-state index >= 15 is 0 Å². The first kappa shape index (κ1) is 11.7. The molecule has 16 heavy (non-hydrogen) atoms. The lowest BCUT2D eigenvalue weighted by atomic mass is 9.92. The largest absolute Gasteiger partial charge is 0.391 e. The van der Waals surface area contributed by atoms with Crippen molar-refractivity contribution in [2.45, 2.75) is 37.8 Å². The number of para-hydroxylation sites is 1. The summed E-state index contributed by atoms with van der Waals surface area (Å²) < 4.78 is 13.5. The molecule has 1 aliphatic carbocycles. The van der Waals surface area contributed by atoms with E-state index in [2.05, 4.69) is 5.32 Å². The number of anilines is 1. The van der Waals surface area contributed by atoms with Crippen LogP contribution in [-0.4, -0.2) is 17.3 Å². The van der Waals surface area contributed by atoms with Crippen molar-refractivity contribution < 1.29 is 9.50 Å². The Morgan fingerprint density at radius 1 is 1.31 bits per heavy atom. The molecule has 0 aromatic heterocycles. The van der Waals surface area contributed by atoms with E-state index in [9.17, 15) is 9.50 Å². The fraction of sp³-hybridized carbons (Fsp3) is 0.500. The van der Waals surface area contributed by atoms with Crippen LogP contribution in [0.3, 0.4) is 0 Å². The third-order valence-corrected chi connectivity index (χ3v) is 3.34. The van der Waals surface area contributed by atoms with Gasteiger partial charge in [-0.15, -0.1) is 0 Å². The second-order valence-electron chi connectivity index (χ2n) is 4.20. The van der Waals surface area contributed by atoms with Crippen molar-refractivity contribution in [2.24, 2.45) is 0 Å². The molecule has 0 amide bonds. The van der Waals surface area contributed by atoms with E-state index in [0.717, 1.165) is 25.7 Å². The van der Waals surface area contributed by atoms with Crippen LogP contribution in [0.5, 0.6) is 0 Å². The Balaban J connectivity index is 2.13. The van der Waals surface area contributed by atoms with Crippen LogP contribution in [0.15, 0.2) is 18.2 Å². The third-order valence-electron chi connectivity index (χ3n) is 3.02. The van der Waals surface area contributed by atoms with Gasteiger partial charge in [0.1, 0.15) is 5.82 Å². The summed E-state index contributed by atoms with van der Waals surface area (Å²) in [5, 5.41) is 13.2. The van der Waals surface area contributed by atoms with Crippen molar-refractivity contribution in [3.05, 3.63) is 29.0 Å². The number of halogens is 2. The van der Waals surface area contributed by atoms with Crippen LogP contribution in [-0.2, 0) is 0 Å². The van der Waals surface area contributed by atoms with Crippen molar-refractivity contribution in [3.8, 4) is 0 Å². The van der Waals surface area contributed by atoms with Gasteiger partial charge in [0, 0.05) is 0 Å². The Labute approximate surface area is 99.4 Å². The normalized spacial score (nSPS) is 25.4. The monoisotopic (exact) mass is 243 g/mol. The molecule has 0 saturated heterocycles. The van der Waals surface area contributed by atoms with Crippen molar-refractivity contribution in [3.63, 3.8) is 0 Å². The summed E-state index contributed by atoms with van der Waals surface area (Å²) in [6.07, 6.45) is 3.30. The fourth-order valence-corrected chi connectivity index (χ4v) is 2.32. The molecule has 2 unspecified atom stereocenters. The average molecular weight is 244 g/mol. The Morgan fingerprint density at radius 2 is 2.06 bits per heavy atom. The molecule has 4 heteroatoms. The second kappa shape index (κ2) is 5.02. The van der Waals surface area contributed by atoms with Crippen LogP contribution in [0, 0.1) is 5.82 Å². The maximum Gasteiger partial charge on any atom is 0.147 e. The topological polar surface area (TPSA) is 32.3 Å². The Hall–Kier alpha value is -0.800. The Morgan fingerprint density at radius 3 is 2.75 bits per heavy atom. The van der Waals surface area contributed by atoms with E-state index in [1.807, 2.05) is 0 Å². The summed E-state index contributed by atoms with van der Waals surface area (Å²) in [5.41, 5.74) is 0.301. The molecule has 1 saturated carbocycles. The predicted molar refractivity (Wildman–Crippen MR) is 63.3 cm³/mol. The Kier molecular flexibility index (Phi) is 3.66.